The second-order valence-electron chi connectivity index (χ2n) is 15.3. The monoisotopic (exact) mass is 686 g/mol. The lowest BCUT2D eigenvalue weighted by molar-refractivity contribution is 0.00526. The van der Waals surface area contributed by atoms with Gasteiger partial charge in [0.15, 0.2) is 18.4 Å². The maximum absolute atomic E-state index is 15.5. The topological polar surface area (TPSA) is 73.1 Å². The Morgan fingerprint density at radius 1 is 0.960 bits per heavy atom. The Balaban J connectivity index is 1.13. The normalized spacial score (nSPS) is 18.6. The SMILES string of the molecule is CCc1cc(OCOCCCCCCCCCCCC(C)(C)C)c(F)cc1-c1ccc2c(c1)C1=CC(C(=N)OC)=CC(C3CCCCO3)C1=N2. The van der Waals surface area contributed by atoms with Gasteiger partial charge in [0.1, 0.15) is 0 Å². The molecule has 2 aromatic rings. The predicted molar refractivity (Wildman–Crippen MR) is 203 cm³/mol. The van der Waals surface area contributed by atoms with Crippen molar-refractivity contribution in [3.63, 3.8) is 0 Å². The van der Waals surface area contributed by atoms with Gasteiger partial charge in [-0.2, -0.15) is 0 Å². The molecule has 0 radical (unpaired) electrons. The van der Waals surface area contributed by atoms with Crippen LogP contribution >= 0.6 is 0 Å². The summed E-state index contributed by atoms with van der Waals surface area (Å²) < 4.78 is 38.5. The first-order chi connectivity index (χ1) is 24.2. The van der Waals surface area contributed by atoms with Crippen molar-refractivity contribution in [2.24, 2.45) is 16.3 Å². The number of unbranched alkanes of at least 4 members (excludes halogenated alkanes) is 8. The molecule has 2 heterocycles. The first kappa shape index (κ1) is 38.0. The van der Waals surface area contributed by atoms with Gasteiger partial charge in [-0.1, -0.05) is 91.2 Å². The largest absolute Gasteiger partial charge is 0.481 e. The predicted octanol–water partition coefficient (Wildman–Crippen LogP) is 11.6. The molecule has 3 aliphatic rings. The van der Waals surface area contributed by atoms with E-state index < -0.39 is 5.82 Å². The molecule has 50 heavy (non-hydrogen) atoms. The number of benzene rings is 2. The lowest BCUT2D eigenvalue weighted by Crippen LogP contribution is -2.34. The molecule has 7 heteroatoms. The molecule has 0 bridgehead atoms. The van der Waals surface area contributed by atoms with Crippen molar-refractivity contribution < 1.29 is 23.3 Å². The van der Waals surface area contributed by atoms with Crippen molar-refractivity contribution >= 4 is 22.9 Å². The number of methoxy groups -OCH3 is 1. The van der Waals surface area contributed by atoms with E-state index in [9.17, 15) is 0 Å². The Labute approximate surface area is 300 Å². The van der Waals surface area contributed by atoms with Crippen LogP contribution in [0.5, 0.6) is 5.75 Å². The van der Waals surface area contributed by atoms with E-state index in [1.807, 2.05) is 24.3 Å². The minimum absolute atomic E-state index is 0.0186. The summed E-state index contributed by atoms with van der Waals surface area (Å²) in [5, 5.41) is 8.41. The fourth-order valence-electron chi connectivity index (χ4n) is 7.35. The number of nitrogens with zero attached hydrogens (tertiary/aromatic N) is 1. The van der Waals surface area contributed by atoms with Crippen LogP contribution in [0.15, 0.2) is 53.0 Å². The van der Waals surface area contributed by atoms with Gasteiger partial charge in [-0.25, -0.2) is 4.39 Å². The number of hydrogen-bond acceptors (Lipinski definition) is 6. The standard InChI is InChI=1S/C43H59FN2O4/c1-6-30-27-40(50-29-48-22-16-13-11-9-7-8-10-12-15-21-43(2,3)4)37(44)28-33(30)31-19-20-38-34(24-31)35-25-32(42(45)47-5)26-36(41(35)46-38)39-18-14-17-23-49-39/h19-20,24-28,36,39,45H,6-18,21-23,29H2,1-5H3. The van der Waals surface area contributed by atoms with Crippen LogP contribution in [0.25, 0.3) is 16.7 Å². The van der Waals surface area contributed by atoms with Gasteiger partial charge in [0.2, 0.25) is 5.90 Å². The fraction of sp³-hybridized carbons (Fsp3) is 0.581. The second-order valence-corrected chi connectivity index (χ2v) is 15.3. The van der Waals surface area contributed by atoms with Crippen LogP contribution in [0.3, 0.4) is 0 Å². The van der Waals surface area contributed by atoms with E-state index in [4.69, 9.17) is 29.3 Å². The van der Waals surface area contributed by atoms with Gasteiger partial charge in [-0.15, -0.1) is 0 Å². The van der Waals surface area contributed by atoms with E-state index in [1.165, 1.54) is 58.5 Å². The van der Waals surface area contributed by atoms with Gasteiger partial charge < -0.3 is 18.9 Å². The summed E-state index contributed by atoms with van der Waals surface area (Å²) in [6, 6.07) is 9.52. The van der Waals surface area contributed by atoms with Gasteiger partial charge in [0.25, 0.3) is 0 Å². The third kappa shape index (κ3) is 10.2. The minimum Gasteiger partial charge on any atom is -0.481 e. The van der Waals surface area contributed by atoms with E-state index in [0.717, 1.165) is 89.9 Å². The lowest BCUT2D eigenvalue weighted by atomic mass is 9.80. The molecule has 0 aromatic heterocycles. The van der Waals surface area contributed by atoms with Crippen molar-refractivity contribution in [3.8, 4) is 16.9 Å². The van der Waals surface area contributed by atoms with Crippen molar-refractivity contribution in [2.45, 2.75) is 124 Å². The molecule has 0 spiro atoms. The number of aliphatic imine (C=N–C) groups is 1. The second kappa shape index (κ2) is 18.3. The first-order valence-corrected chi connectivity index (χ1v) is 19.1. The third-order valence-electron chi connectivity index (χ3n) is 10.2. The number of aryl methyl sites for hydroxylation is 1. The van der Waals surface area contributed by atoms with Gasteiger partial charge in [0, 0.05) is 29.2 Å². The van der Waals surface area contributed by atoms with E-state index >= 15 is 4.39 Å². The maximum atomic E-state index is 15.5. The maximum Gasteiger partial charge on any atom is 0.212 e. The number of fused-ring (bicyclic) bond motifs is 3. The summed E-state index contributed by atoms with van der Waals surface area (Å²) in [6.45, 7) is 10.5. The number of ether oxygens (including phenoxy) is 4. The highest BCUT2D eigenvalue weighted by Gasteiger charge is 2.36. The average molecular weight is 687 g/mol. The molecule has 0 saturated carbocycles. The molecular formula is C43H59FN2O4. The summed E-state index contributed by atoms with van der Waals surface area (Å²) in [7, 11) is 1.53. The summed E-state index contributed by atoms with van der Waals surface area (Å²) >= 11 is 0. The molecular weight excluding hydrogens is 627 g/mol. The van der Waals surface area contributed by atoms with E-state index in [2.05, 4.69) is 39.8 Å². The van der Waals surface area contributed by atoms with Crippen LogP contribution in [0.1, 0.15) is 122 Å². The summed E-state index contributed by atoms with van der Waals surface area (Å²) in [4.78, 5) is 5.06. The Hall–Kier alpha value is -3.29. The third-order valence-corrected chi connectivity index (χ3v) is 10.2. The molecule has 272 valence electrons. The Bertz CT molecular complexity index is 1550. The number of halogens is 1. The van der Waals surface area contributed by atoms with Crippen LogP contribution in [-0.2, 0) is 20.6 Å². The quantitative estimate of drug-likeness (QED) is 0.0733. The van der Waals surface area contributed by atoms with E-state index in [-0.39, 0.29) is 30.5 Å². The Kier molecular flexibility index (Phi) is 13.9. The van der Waals surface area contributed by atoms with Crippen LogP contribution in [-0.4, -0.2) is 44.8 Å². The van der Waals surface area contributed by atoms with Gasteiger partial charge in [-0.05, 0) is 91.0 Å². The summed E-state index contributed by atoms with van der Waals surface area (Å²) in [6.07, 6.45) is 20.7. The molecule has 1 fully saturated rings. The molecule has 0 amide bonds. The number of nitrogens with one attached hydrogen (secondary N) is 1. The molecule has 1 N–H and O–H groups in total. The fourth-order valence-corrected chi connectivity index (χ4v) is 7.35. The zero-order chi connectivity index (χ0) is 35.5. The van der Waals surface area contributed by atoms with Crippen LogP contribution in [0.2, 0.25) is 0 Å². The molecule has 2 atom stereocenters. The van der Waals surface area contributed by atoms with Crippen LogP contribution in [0, 0.1) is 22.6 Å². The Morgan fingerprint density at radius 2 is 1.70 bits per heavy atom. The van der Waals surface area contributed by atoms with E-state index in [1.54, 1.807) is 6.07 Å². The minimum atomic E-state index is -0.401. The molecule has 5 rings (SSSR count). The van der Waals surface area contributed by atoms with Crippen molar-refractivity contribution in [3.05, 3.63) is 65.0 Å². The van der Waals surface area contributed by atoms with Crippen molar-refractivity contribution in [2.75, 3.05) is 27.1 Å². The molecule has 1 saturated heterocycles. The molecule has 1 aliphatic carbocycles. The van der Waals surface area contributed by atoms with Crippen LogP contribution in [0.4, 0.5) is 10.1 Å². The van der Waals surface area contributed by atoms with Crippen molar-refractivity contribution in [1.29, 1.82) is 5.41 Å². The number of rotatable bonds is 18. The first-order valence-electron chi connectivity index (χ1n) is 19.1. The zero-order valence-corrected chi connectivity index (χ0v) is 31.2. The lowest BCUT2D eigenvalue weighted by Gasteiger charge is -2.31. The highest BCUT2D eigenvalue weighted by Crippen LogP contribution is 2.45. The highest BCUT2D eigenvalue weighted by molar-refractivity contribution is 6.33. The number of hydrogen-bond donors (Lipinski definition) is 1. The summed E-state index contributed by atoms with van der Waals surface area (Å²) in [5.74, 6) is -0.109. The summed E-state index contributed by atoms with van der Waals surface area (Å²) in [5.41, 5.74) is 7.77. The average Bonchev–Trinajstić information content (AvgIpc) is 3.49. The molecule has 2 aliphatic heterocycles. The molecule has 6 nitrogen and oxygen atoms in total. The highest BCUT2D eigenvalue weighted by atomic mass is 19.1. The van der Waals surface area contributed by atoms with Gasteiger partial charge in [-0.3, -0.25) is 10.4 Å². The zero-order valence-electron chi connectivity index (χ0n) is 31.2. The van der Waals surface area contributed by atoms with Crippen LogP contribution < -0.4 is 4.74 Å². The van der Waals surface area contributed by atoms with Gasteiger partial charge >= 0.3 is 0 Å². The molecule has 2 aromatic carbocycles. The van der Waals surface area contributed by atoms with Gasteiger partial charge in [0.05, 0.1) is 31.2 Å². The number of allylic oxidation sites excluding steroid dienone is 1. The van der Waals surface area contributed by atoms with E-state index in [0.29, 0.717) is 12.0 Å². The molecule has 2 unspecified atom stereocenters. The van der Waals surface area contributed by atoms with Crippen molar-refractivity contribution in [1.82, 2.24) is 0 Å². The smallest absolute Gasteiger partial charge is 0.212 e. The Morgan fingerprint density at radius 3 is 2.38 bits per heavy atom.